The molecule has 2 unspecified atom stereocenters. The number of fused-ring (bicyclic) bond motifs is 2. The van der Waals surface area contributed by atoms with Gasteiger partial charge < -0.3 is 10.0 Å². The van der Waals surface area contributed by atoms with E-state index in [9.17, 15) is 5.11 Å². The Morgan fingerprint density at radius 2 is 2.05 bits per heavy atom. The molecule has 1 aromatic rings. The monoisotopic (exact) mass is 280 g/mol. The van der Waals surface area contributed by atoms with Crippen LogP contribution in [0.2, 0.25) is 5.02 Å². The Balaban J connectivity index is 1.81. The Bertz CT molecular complexity index is 465. The van der Waals surface area contributed by atoms with Crippen molar-refractivity contribution in [3.05, 3.63) is 28.8 Å². The number of aliphatic hydroxyl groups excluding tert-OH is 1. The molecule has 104 valence electrons. The minimum absolute atomic E-state index is 0.00650. The molecule has 0 radical (unpaired) electrons. The maximum absolute atomic E-state index is 9.18. The Morgan fingerprint density at radius 1 is 1.26 bits per heavy atom. The number of likely N-dealkylation sites (N-methyl/N-ethyl adjacent to an activating group) is 1. The third-order valence-corrected chi connectivity index (χ3v) is 5.07. The van der Waals surface area contributed by atoms with Gasteiger partial charge in [-0.15, -0.1) is 0 Å². The number of anilines is 1. The van der Waals surface area contributed by atoms with Crippen molar-refractivity contribution >= 4 is 17.3 Å². The summed E-state index contributed by atoms with van der Waals surface area (Å²) in [4.78, 5) is 4.98. The lowest BCUT2D eigenvalue weighted by Crippen LogP contribution is -2.36. The zero-order valence-corrected chi connectivity index (χ0v) is 12.1. The number of hydrogen-bond donors (Lipinski definition) is 1. The summed E-state index contributed by atoms with van der Waals surface area (Å²) in [5.74, 6) is 0. The van der Waals surface area contributed by atoms with Gasteiger partial charge in [0.1, 0.15) is 0 Å². The molecule has 19 heavy (non-hydrogen) atoms. The maximum Gasteiger partial charge on any atom is 0.0696 e. The molecule has 0 saturated carbocycles. The molecule has 0 aliphatic carbocycles. The number of hydrogen-bond acceptors (Lipinski definition) is 3. The number of nitrogens with zero attached hydrogens (tertiary/aromatic N) is 2. The topological polar surface area (TPSA) is 26.7 Å². The molecule has 2 saturated heterocycles. The van der Waals surface area contributed by atoms with E-state index < -0.39 is 0 Å². The molecule has 0 aromatic heterocycles. The summed E-state index contributed by atoms with van der Waals surface area (Å²) in [6, 6.07) is 7.43. The second-order valence-electron chi connectivity index (χ2n) is 5.72. The fraction of sp³-hybridized carbons (Fsp3) is 0.600. The van der Waals surface area contributed by atoms with Crippen molar-refractivity contribution in [1.29, 1.82) is 0 Å². The Kier molecular flexibility index (Phi) is 3.70. The number of rotatable bonds is 2. The lowest BCUT2D eigenvalue weighted by Gasteiger charge is -2.28. The third-order valence-electron chi connectivity index (χ3n) is 4.72. The molecule has 0 amide bonds. The van der Waals surface area contributed by atoms with Crippen LogP contribution in [0.3, 0.4) is 0 Å². The van der Waals surface area contributed by atoms with Gasteiger partial charge in [0.05, 0.1) is 6.61 Å². The largest absolute Gasteiger partial charge is 0.392 e. The molecule has 3 nitrogen and oxygen atoms in total. The average Bonchev–Trinajstić information content (AvgIpc) is 2.63. The normalized spacial score (nSPS) is 27.6. The zero-order chi connectivity index (χ0) is 13.4. The quantitative estimate of drug-likeness (QED) is 0.902. The molecule has 2 aliphatic rings. The van der Waals surface area contributed by atoms with E-state index in [0.717, 1.165) is 24.7 Å². The van der Waals surface area contributed by atoms with E-state index in [2.05, 4.69) is 22.9 Å². The molecule has 0 spiro atoms. The summed E-state index contributed by atoms with van der Waals surface area (Å²) < 4.78 is 0. The molecule has 2 heterocycles. The fourth-order valence-corrected chi connectivity index (χ4v) is 3.64. The van der Waals surface area contributed by atoms with Crippen LogP contribution in [0, 0.1) is 0 Å². The SMILES string of the molecule is CN1C2CCC1CN(c1ccc(CO)c(Cl)c1)CC2. The van der Waals surface area contributed by atoms with Gasteiger partial charge in [0.15, 0.2) is 0 Å². The van der Waals surface area contributed by atoms with E-state index in [1.54, 1.807) is 0 Å². The molecular weight excluding hydrogens is 260 g/mol. The highest BCUT2D eigenvalue weighted by Crippen LogP contribution is 2.32. The van der Waals surface area contributed by atoms with E-state index in [1.807, 2.05) is 12.1 Å². The van der Waals surface area contributed by atoms with Gasteiger partial charge >= 0.3 is 0 Å². The first-order valence-corrected chi connectivity index (χ1v) is 7.43. The number of aliphatic hydroxyl groups is 1. The highest BCUT2D eigenvalue weighted by molar-refractivity contribution is 6.31. The van der Waals surface area contributed by atoms with Crippen molar-refractivity contribution in [3.8, 4) is 0 Å². The van der Waals surface area contributed by atoms with Crippen LogP contribution in [0.4, 0.5) is 5.69 Å². The maximum atomic E-state index is 9.18. The van der Waals surface area contributed by atoms with Crippen molar-refractivity contribution in [1.82, 2.24) is 4.90 Å². The van der Waals surface area contributed by atoms with Crippen LogP contribution in [0.5, 0.6) is 0 Å². The highest BCUT2D eigenvalue weighted by Gasteiger charge is 2.34. The highest BCUT2D eigenvalue weighted by atomic mass is 35.5. The lowest BCUT2D eigenvalue weighted by atomic mass is 10.1. The summed E-state index contributed by atoms with van der Waals surface area (Å²) in [5.41, 5.74) is 1.99. The molecule has 2 bridgehead atoms. The van der Waals surface area contributed by atoms with Crippen LogP contribution in [-0.2, 0) is 6.61 Å². The predicted molar refractivity (Wildman–Crippen MR) is 78.8 cm³/mol. The van der Waals surface area contributed by atoms with Gasteiger partial charge in [-0.2, -0.15) is 0 Å². The van der Waals surface area contributed by atoms with Crippen molar-refractivity contribution in [2.75, 3.05) is 25.0 Å². The smallest absolute Gasteiger partial charge is 0.0696 e. The van der Waals surface area contributed by atoms with Gasteiger partial charge in [-0.05, 0) is 44.0 Å². The summed E-state index contributed by atoms with van der Waals surface area (Å²) in [7, 11) is 2.26. The van der Waals surface area contributed by atoms with Crippen LogP contribution in [-0.4, -0.2) is 42.2 Å². The van der Waals surface area contributed by atoms with Gasteiger partial charge in [0.25, 0.3) is 0 Å². The second kappa shape index (κ2) is 5.31. The van der Waals surface area contributed by atoms with E-state index in [0.29, 0.717) is 11.1 Å². The van der Waals surface area contributed by atoms with Crippen molar-refractivity contribution in [2.45, 2.75) is 38.0 Å². The second-order valence-corrected chi connectivity index (χ2v) is 6.13. The fourth-order valence-electron chi connectivity index (χ4n) is 3.40. The van der Waals surface area contributed by atoms with Crippen LogP contribution in [0.1, 0.15) is 24.8 Å². The van der Waals surface area contributed by atoms with Crippen molar-refractivity contribution < 1.29 is 5.11 Å². The van der Waals surface area contributed by atoms with Gasteiger partial charge in [-0.1, -0.05) is 17.7 Å². The summed E-state index contributed by atoms with van der Waals surface area (Å²) in [6.45, 7) is 2.19. The van der Waals surface area contributed by atoms with Gasteiger partial charge in [-0.25, -0.2) is 0 Å². The zero-order valence-electron chi connectivity index (χ0n) is 11.3. The van der Waals surface area contributed by atoms with E-state index in [1.165, 1.54) is 24.9 Å². The summed E-state index contributed by atoms with van der Waals surface area (Å²) >= 11 is 6.20. The number of halogens is 1. The summed E-state index contributed by atoms with van der Waals surface area (Å²) in [6.07, 6.45) is 3.88. The molecule has 1 aromatic carbocycles. The molecule has 2 aliphatic heterocycles. The minimum atomic E-state index is 0.00650. The van der Waals surface area contributed by atoms with Crippen LogP contribution < -0.4 is 4.90 Å². The van der Waals surface area contributed by atoms with Crippen LogP contribution in [0.25, 0.3) is 0 Å². The third kappa shape index (κ3) is 2.47. The van der Waals surface area contributed by atoms with Crippen LogP contribution in [0.15, 0.2) is 18.2 Å². The first-order valence-electron chi connectivity index (χ1n) is 7.05. The van der Waals surface area contributed by atoms with Crippen LogP contribution >= 0.6 is 11.6 Å². The van der Waals surface area contributed by atoms with Gasteiger partial charge in [0, 0.05) is 35.9 Å². The molecule has 2 fully saturated rings. The number of benzene rings is 1. The molecular formula is C15H21ClN2O. The molecule has 3 rings (SSSR count). The van der Waals surface area contributed by atoms with E-state index >= 15 is 0 Å². The van der Waals surface area contributed by atoms with E-state index in [-0.39, 0.29) is 6.61 Å². The van der Waals surface area contributed by atoms with Crippen molar-refractivity contribution in [2.24, 2.45) is 0 Å². The van der Waals surface area contributed by atoms with Crippen molar-refractivity contribution in [3.63, 3.8) is 0 Å². The summed E-state index contributed by atoms with van der Waals surface area (Å²) in [5, 5.41) is 9.85. The first-order chi connectivity index (χ1) is 9.19. The Labute approximate surface area is 119 Å². The Hall–Kier alpha value is -0.770. The van der Waals surface area contributed by atoms with Gasteiger partial charge in [-0.3, -0.25) is 4.90 Å². The lowest BCUT2D eigenvalue weighted by molar-refractivity contribution is 0.254. The Morgan fingerprint density at radius 3 is 2.79 bits per heavy atom. The predicted octanol–water partition coefficient (Wildman–Crippen LogP) is 2.51. The van der Waals surface area contributed by atoms with E-state index in [4.69, 9.17) is 11.6 Å². The molecule has 2 atom stereocenters. The standard InChI is InChI=1S/C15H21ClN2O/c1-17-12-4-5-14(17)9-18(7-6-12)13-3-2-11(10-19)15(16)8-13/h2-3,8,12,14,19H,4-7,9-10H2,1H3. The van der Waals surface area contributed by atoms with Gasteiger partial charge in [0.2, 0.25) is 0 Å². The first kappa shape index (κ1) is 13.2. The molecule has 4 heteroatoms. The average molecular weight is 281 g/mol. The minimum Gasteiger partial charge on any atom is -0.392 e. The molecule has 1 N–H and O–H groups in total.